The van der Waals surface area contributed by atoms with Crippen molar-refractivity contribution in [3.63, 3.8) is 0 Å². The van der Waals surface area contributed by atoms with Gasteiger partial charge in [-0.1, -0.05) is 11.6 Å². The second-order valence-corrected chi connectivity index (χ2v) is 3.82. The van der Waals surface area contributed by atoms with Crippen molar-refractivity contribution < 1.29 is 9.84 Å². The first-order valence-corrected chi connectivity index (χ1v) is 5.18. The standard InChI is InChI=1S/C11H11ClN2O2/c1-6(15)10-7(12)5-13-8-3-4-9(16-2)14-11(8)10/h3-6,15H,1-2H3. The zero-order valence-corrected chi connectivity index (χ0v) is 9.69. The van der Waals surface area contributed by atoms with Crippen molar-refractivity contribution >= 4 is 22.6 Å². The summed E-state index contributed by atoms with van der Waals surface area (Å²) in [5.41, 5.74) is 1.83. The fraction of sp³-hybridized carbons (Fsp3) is 0.273. The summed E-state index contributed by atoms with van der Waals surface area (Å²) in [6.07, 6.45) is 0.817. The minimum atomic E-state index is -0.697. The maximum Gasteiger partial charge on any atom is 0.213 e. The number of hydrogen-bond acceptors (Lipinski definition) is 4. The quantitative estimate of drug-likeness (QED) is 0.873. The summed E-state index contributed by atoms with van der Waals surface area (Å²) >= 11 is 5.99. The van der Waals surface area contributed by atoms with E-state index in [0.717, 1.165) is 0 Å². The number of aliphatic hydroxyl groups excluding tert-OH is 1. The molecule has 0 aromatic carbocycles. The molecule has 2 heterocycles. The third-order valence-electron chi connectivity index (χ3n) is 2.30. The molecule has 0 radical (unpaired) electrons. The van der Waals surface area contributed by atoms with Crippen LogP contribution in [0.4, 0.5) is 0 Å². The molecule has 0 saturated carbocycles. The molecular weight excluding hydrogens is 228 g/mol. The van der Waals surface area contributed by atoms with E-state index in [9.17, 15) is 5.11 Å². The van der Waals surface area contributed by atoms with Crippen LogP contribution in [0.1, 0.15) is 18.6 Å². The Morgan fingerprint density at radius 3 is 2.81 bits per heavy atom. The Labute approximate surface area is 97.9 Å². The summed E-state index contributed by atoms with van der Waals surface area (Å²) in [5, 5.41) is 10.1. The maximum absolute atomic E-state index is 9.67. The maximum atomic E-state index is 9.67. The van der Waals surface area contributed by atoms with Gasteiger partial charge < -0.3 is 9.84 Å². The van der Waals surface area contributed by atoms with Gasteiger partial charge in [0.2, 0.25) is 5.88 Å². The van der Waals surface area contributed by atoms with Crippen LogP contribution in [0.15, 0.2) is 18.3 Å². The highest BCUT2D eigenvalue weighted by atomic mass is 35.5. The zero-order valence-electron chi connectivity index (χ0n) is 8.94. The van der Waals surface area contributed by atoms with E-state index in [1.807, 2.05) is 0 Å². The molecule has 16 heavy (non-hydrogen) atoms. The van der Waals surface area contributed by atoms with Gasteiger partial charge in [-0.2, -0.15) is 0 Å². The van der Waals surface area contributed by atoms with E-state index in [2.05, 4.69) is 9.97 Å². The highest BCUT2D eigenvalue weighted by Gasteiger charge is 2.14. The van der Waals surface area contributed by atoms with Gasteiger partial charge in [-0.25, -0.2) is 4.98 Å². The van der Waals surface area contributed by atoms with Crippen LogP contribution in [-0.2, 0) is 0 Å². The number of rotatable bonds is 2. The molecule has 2 aromatic heterocycles. The van der Waals surface area contributed by atoms with Crippen molar-refractivity contribution in [3.8, 4) is 5.88 Å². The Balaban J connectivity index is 2.78. The van der Waals surface area contributed by atoms with Crippen molar-refractivity contribution in [2.45, 2.75) is 13.0 Å². The molecule has 0 spiro atoms. The summed E-state index contributed by atoms with van der Waals surface area (Å²) in [7, 11) is 1.54. The van der Waals surface area contributed by atoms with Gasteiger partial charge in [0.1, 0.15) is 5.52 Å². The molecule has 84 valence electrons. The fourth-order valence-corrected chi connectivity index (χ4v) is 1.85. The molecule has 0 amide bonds. The van der Waals surface area contributed by atoms with Crippen molar-refractivity contribution in [3.05, 3.63) is 28.9 Å². The predicted molar refractivity (Wildman–Crippen MR) is 61.7 cm³/mol. The van der Waals surface area contributed by atoms with Crippen LogP contribution < -0.4 is 4.74 Å². The molecule has 2 aromatic rings. The molecule has 2 rings (SSSR count). The minimum absolute atomic E-state index is 0.406. The molecule has 0 fully saturated rings. The molecule has 1 N–H and O–H groups in total. The number of pyridine rings is 2. The van der Waals surface area contributed by atoms with E-state index in [1.54, 1.807) is 19.1 Å². The fourth-order valence-electron chi connectivity index (χ4n) is 1.56. The summed E-state index contributed by atoms with van der Waals surface area (Å²) in [6, 6.07) is 3.50. The lowest BCUT2D eigenvalue weighted by atomic mass is 10.1. The normalized spacial score (nSPS) is 12.8. The Hall–Kier alpha value is -1.39. The zero-order chi connectivity index (χ0) is 11.7. The molecule has 0 saturated heterocycles. The first-order valence-electron chi connectivity index (χ1n) is 4.80. The number of ether oxygens (including phenoxy) is 1. The highest BCUT2D eigenvalue weighted by molar-refractivity contribution is 6.32. The van der Waals surface area contributed by atoms with E-state index in [4.69, 9.17) is 16.3 Å². The largest absolute Gasteiger partial charge is 0.481 e. The number of nitrogens with zero attached hydrogens (tertiary/aromatic N) is 2. The van der Waals surface area contributed by atoms with Gasteiger partial charge in [0.15, 0.2) is 0 Å². The Kier molecular flexibility index (Phi) is 2.94. The van der Waals surface area contributed by atoms with Gasteiger partial charge in [-0.05, 0) is 13.0 Å². The molecule has 4 nitrogen and oxygen atoms in total. The number of halogens is 1. The van der Waals surface area contributed by atoms with Gasteiger partial charge in [-0.3, -0.25) is 4.98 Å². The number of aliphatic hydroxyl groups is 1. The molecule has 0 aliphatic carbocycles. The minimum Gasteiger partial charge on any atom is -0.481 e. The van der Waals surface area contributed by atoms with Crippen LogP contribution in [-0.4, -0.2) is 22.2 Å². The van der Waals surface area contributed by atoms with Crippen LogP contribution >= 0.6 is 11.6 Å². The van der Waals surface area contributed by atoms with Crippen LogP contribution in [0.25, 0.3) is 11.0 Å². The van der Waals surface area contributed by atoms with Crippen molar-refractivity contribution in [1.29, 1.82) is 0 Å². The van der Waals surface area contributed by atoms with Gasteiger partial charge in [0.25, 0.3) is 0 Å². The lowest BCUT2D eigenvalue weighted by Crippen LogP contribution is -1.99. The average Bonchev–Trinajstić information content (AvgIpc) is 2.27. The van der Waals surface area contributed by atoms with Crippen molar-refractivity contribution in [2.24, 2.45) is 0 Å². The monoisotopic (exact) mass is 238 g/mol. The summed E-state index contributed by atoms with van der Waals surface area (Å²) in [6.45, 7) is 1.64. The van der Waals surface area contributed by atoms with E-state index in [-0.39, 0.29) is 0 Å². The van der Waals surface area contributed by atoms with Gasteiger partial charge in [0, 0.05) is 17.8 Å². The Morgan fingerprint density at radius 2 is 2.19 bits per heavy atom. The molecule has 0 aliphatic rings. The molecule has 5 heteroatoms. The second kappa shape index (κ2) is 4.23. The molecule has 0 bridgehead atoms. The average molecular weight is 239 g/mol. The Bertz CT molecular complexity index is 529. The number of fused-ring (bicyclic) bond motifs is 1. The van der Waals surface area contributed by atoms with Gasteiger partial charge in [0.05, 0.1) is 23.8 Å². The topological polar surface area (TPSA) is 55.2 Å². The van der Waals surface area contributed by atoms with E-state index >= 15 is 0 Å². The van der Waals surface area contributed by atoms with Gasteiger partial charge in [-0.15, -0.1) is 0 Å². The summed E-state index contributed by atoms with van der Waals surface area (Å²) in [4.78, 5) is 8.38. The lowest BCUT2D eigenvalue weighted by molar-refractivity contribution is 0.200. The van der Waals surface area contributed by atoms with E-state index in [1.165, 1.54) is 13.3 Å². The van der Waals surface area contributed by atoms with E-state index in [0.29, 0.717) is 27.5 Å². The number of aromatic nitrogens is 2. The first-order chi connectivity index (χ1) is 7.63. The summed E-state index contributed by atoms with van der Waals surface area (Å²) in [5.74, 6) is 0.471. The van der Waals surface area contributed by atoms with E-state index < -0.39 is 6.10 Å². The Morgan fingerprint density at radius 1 is 1.44 bits per heavy atom. The van der Waals surface area contributed by atoms with Crippen LogP contribution in [0.2, 0.25) is 5.02 Å². The predicted octanol–water partition coefficient (Wildman–Crippen LogP) is 2.35. The second-order valence-electron chi connectivity index (χ2n) is 3.42. The summed E-state index contributed by atoms with van der Waals surface area (Å²) < 4.78 is 5.03. The number of hydrogen-bond donors (Lipinski definition) is 1. The smallest absolute Gasteiger partial charge is 0.213 e. The number of methoxy groups -OCH3 is 1. The molecular formula is C11H11ClN2O2. The first kappa shape index (κ1) is 11.1. The SMILES string of the molecule is COc1ccc2ncc(Cl)c(C(C)O)c2n1. The third kappa shape index (κ3) is 1.81. The molecule has 0 aliphatic heterocycles. The van der Waals surface area contributed by atoms with Gasteiger partial charge >= 0.3 is 0 Å². The third-order valence-corrected chi connectivity index (χ3v) is 2.61. The van der Waals surface area contributed by atoms with Crippen molar-refractivity contribution in [2.75, 3.05) is 7.11 Å². The van der Waals surface area contributed by atoms with Crippen LogP contribution in [0.3, 0.4) is 0 Å². The van der Waals surface area contributed by atoms with Crippen LogP contribution in [0.5, 0.6) is 5.88 Å². The van der Waals surface area contributed by atoms with Crippen molar-refractivity contribution in [1.82, 2.24) is 9.97 Å². The molecule has 1 atom stereocenters. The molecule has 1 unspecified atom stereocenters. The van der Waals surface area contributed by atoms with Crippen LogP contribution in [0, 0.1) is 0 Å². The lowest BCUT2D eigenvalue weighted by Gasteiger charge is -2.10. The highest BCUT2D eigenvalue weighted by Crippen LogP contribution is 2.29.